The van der Waals surface area contributed by atoms with Crippen molar-refractivity contribution in [2.45, 2.75) is 0 Å². The molecular weight excluding hydrogens is 366 g/mol. The third-order valence-corrected chi connectivity index (χ3v) is 3.06. The fraction of sp³-hybridized carbons (Fsp3) is 0.125. The van der Waals surface area contributed by atoms with Gasteiger partial charge >= 0.3 is 5.97 Å². The Morgan fingerprint density at radius 1 is 1.08 bits per heavy atom. The number of carbonyl (C=O) groups is 2. The Bertz CT molecular complexity index is 739. The average Bonchev–Trinajstić information content (AvgIpc) is 2.60. The minimum Gasteiger partial charge on any atom is -0.369 e. The highest BCUT2D eigenvalue weighted by Gasteiger charge is 2.29. The lowest BCUT2D eigenvalue weighted by Gasteiger charge is -2.17. The zero-order chi connectivity index (χ0) is 19.1. The van der Waals surface area contributed by atoms with Gasteiger partial charge < -0.3 is 9.19 Å². The lowest BCUT2D eigenvalue weighted by atomic mass is 10.0. The SMILES string of the molecule is C=CCN(C=C(C(=O)OCl)C(=O)c1cc(F)c(F)c(F)c1F)CC=C. The van der Waals surface area contributed by atoms with E-state index in [0.717, 1.165) is 6.20 Å². The summed E-state index contributed by atoms with van der Waals surface area (Å²) in [6.07, 6.45) is 3.78. The van der Waals surface area contributed by atoms with E-state index in [4.69, 9.17) is 11.9 Å². The number of hydrogen-bond acceptors (Lipinski definition) is 4. The molecule has 9 heteroatoms. The second kappa shape index (κ2) is 9.03. The van der Waals surface area contributed by atoms with Crippen molar-refractivity contribution in [1.82, 2.24) is 4.90 Å². The Labute approximate surface area is 145 Å². The van der Waals surface area contributed by atoms with E-state index in [2.05, 4.69) is 17.4 Å². The summed E-state index contributed by atoms with van der Waals surface area (Å²) in [6.45, 7) is 7.24. The number of halogens is 5. The fourth-order valence-corrected chi connectivity index (χ4v) is 1.91. The molecule has 0 radical (unpaired) electrons. The van der Waals surface area contributed by atoms with Crippen molar-refractivity contribution in [1.29, 1.82) is 0 Å². The molecule has 0 N–H and O–H groups in total. The van der Waals surface area contributed by atoms with Crippen LogP contribution in [0.4, 0.5) is 17.6 Å². The normalized spacial score (nSPS) is 11.0. The van der Waals surface area contributed by atoms with Crippen LogP contribution in [-0.4, -0.2) is 29.7 Å². The summed E-state index contributed by atoms with van der Waals surface area (Å²) in [5, 5.41) is 0. The van der Waals surface area contributed by atoms with E-state index in [1.807, 2.05) is 0 Å². The van der Waals surface area contributed by atoms with Gasteiger partial charge in [-0.3, -0.25) is 4.79 Å². The summed E-state index contributed by atoms with van der Waals surface area (Å²) in [6, 6.07) is 0.136. The maximum absolute atomic E-state index is 13.8. The van der Waals surface area contributed by atoms with Crippen molar-refractivity contribution < 1.29 is 31.4 Å². The first-order chi connectivity index (χ1) is 11.8. The number of Topliss-reactive ketones (excluding diaryl/α,β-unsaturated/α-hetero) is 1. The fourth-order valence-electron chi connectivity index (χ4n) is 1.82. The first-order valence-electron chi connectivity index (χ1n) is 6.66. The van der Waals surface area contributed by atoms with Crippen LogP contribution in [-0.2, 0) is 9.08 Å². The minimum absolute atomic E-state index is 0.136. The predicted molar refractivity (Wildman–Crippen MR) is 82.6 cm³/mol. The smallest absolute Gasteiger partial charge is 0.361 e. The molecule has 0 amide bonds. The number of rotatable bonds is 8. The van der Waals surface area contributed by atoms with Crippen molar-refractivity contribution in [3.8, 4) is 0 Å². The molecule has 0 aliphatic rings. The lowest BCUT2D eigenvalue weighted by Crippen LogP contribution is -2.23. The van der Waals surface area contributed by atoms with E-state index in [0.29, 0.717) is 0 Å². The molecule has 0 aliphatic carbocycles. The Hall–Kier alpha value is -2.61. The highest BCUT2D eigenvalue weighted by molar-refractivity contribution is 6.28. The zero-order valence-corrected chi connectivity index (χ0v) is 13.5. The molecule has 4 nitrogen and oxygen atoms in total. The highest BCUT2D eigenvalue weighted by atomic mass is 35.5. The van der Waals surface area contributed by atoms with Crippen LogP contribution in [0.3, 0.4) is 0 Å². The first kappa shape index (κ1) is 20.4. The molecule has 0 aromatic heterocycles. The van der Waals surface area contributed by atoms with Crippen LogP contribution >= 0.6 is 11.9 Å². The third kappa shape index (κ3) is 4.69. The van der Waals surface area contributed by atoms with E-state index >= 15 is 0 Å². The zero-order valence-electron chi connectivity index (χ0n) is 12.7. The largest absolute Gasteiger partial charge is 0.369 e. The second-order valence-corrected chi connectivity index (χ2v) is 4.77. The summed E-state index contributed by atoms with van der Waals surface area (Å²) < 4.78 is 57.3. The van der Waals surface area contributed by atoms with Gasteiger partial charge in [-0.15, -0.1) is 13.2 Å². The van der Waals surface area contributed by atoms with Gasteiger partial charge in [0.1, 0.15) is 17.4 Å². The van der Waals surface area contributed by atoms with Crippen LogP contribution < -0.4 is 0 Å². The van der Waals surface area contributed by atoms with E-state index in [1.165, 1.54) is 17.1 Å². The van der Waals surface area contributed by atoms with E-state index in [-0.39, 0.29) is 19.2 Å². The van der Waals surface area contributed by atoms with Gasteiger partial charge in [-0.25, -0.2) is 22.4 Å². The maximum atomic E-state index is 13.8. The molecular formula is C16H12ClF4NO3. The van der Waals surface area contributed by atoms with Crippen molar-refractivity contribution in [2.75, 3.05) is 13.1 Å². The molecule has 0 saturated carbocycles. The quantitative estimate of drug-likeness (QED) is 0.101. The topological polar surface area (TPSA) is 46.6 Å². The van der Waals surface area contributed by atoms with Crippen LogP contribution in [0, 0.1) is 23.3 Å². The summed E-state index contributed by atoms with van der Waals surface area (Å²) in [7, 11) is 0. The van der Waals surface area contributed by atoms with Gasteiger partial charge in [0.15, 0.2) is 23.3 Å². The lowest BCUT2D eigenvalue weighted by molar-refractivity contribution is -0.129. The monoisotopic (exact) mass is 377 g/mol. The van der Waals surface area contributed by atoms with Crippen molar-refractivity contribution in [3.05, 3.63) is 72.0 Å². The molecule has 1 rings (SSSR count). The molecule has 0 atom stereocenters. The average molecular weight is 378 g/mol. The first-order valence-corrected chi connectivity index (χ1v) is 6.97. The molecule has 0 unspecified atom stereocenters. The van der Waals surface area contributed by atoms with Crippen LogP contribution in [0.5, 0.6) is 0 Å². The number of carbonyl (C=O) groups excluding carboxylic acids is 2. The molecule has 0 bridgehead atoms. The van der Waals surface area contributed by atoms with Gasteiger partial charge in [0, 0.05) is 19.3 Å². The van der Waals surface area contributed by atoms with E-state index < -0.39 is 46.2 Å². The molecule has 1 aromatic rings. The Balaban J connectivity index is 3.47. The van der Waals surface area contributed by atoms with Crippen LogP contribution in [0.15, 0.2) is 43.1 Å². The predicted octanol–water partition coefficient (Wildman–Crippen LogP) is 3.68. The van der Waals surface area contributed by atoms with E-state index in [9.17, 15) is 27.2 Å². The summed E-state index contributed by atoms with van der Waals surface area (Å²) >= 11 is 4.94. The van der Waals surface area contributed by atoms with Gasteiger partial charge in [-0.1, -0.05) is 12.2 Å². The maximum Gasteiger partial charge on any atom is 0.361 e. The number of hydrogen-bond donors (Lipinski definition) is 0. The molecule has 1 aromatic carbocycles. The van der Waals surface area contributed by atoms with Crippen molar-refractivity contribution in [2.24, 2.45) is 0 Å². The number of benzene rings is 1. The summed E-state index contributed by atoms with van der Waals surface area (Å²) in [4.78, 5) is 25.4. The Morgan fingerprint density at radius 2 is 1.64 bits per heavy atom. The molecule has 134 valence electrons. The second-order valence-electron chi connectivity index (χ2n) is 4.62. The summed E-state index contributed by atoms with van der Waals surface area (Å²) in [5.41, 5.74) is -2.02. The Morgan fingerprint density at radius 3 is 2.12 bits per heavy atom. The van der Waals surface area contributed by atoms with Crippen molar-refractivity contribution in [3.63, 3.8) is 0 Å². The molecule has 0 fully saturated rings. The molecule has 0 spiro atoms. The summed E-state index contributed by atoms with van der Waals surface area (Å²) in [5.74, 6) is -10.9. The standard InChI is InChI=1S/C16H12ClF4NO3/c1-3-5-22(6-4-2)8-10(16(24)25-17)15(23)9-7-11(18)13(20)14(21)12(9)19/h3-4,7-8H,1-2,5-6H2. The number of nitrogens with zero attached hydrogens (tertiary/aromatic N) is 1. The van der Waals surface area contributed by atoms with Gasteiger partial charge in [0.2, 0.25) is 5.78 Å². The highest BCUT2D eigenvalue weighted by Crippen LogP contribution is 2.22. The third-order valence-electron chi connectivity index (χ3n) is 2.92. The van der Waals surface area contributed by atoms with E-state index in [1.54, 1.807) is 0 Å². The van der Waals surface area contributed by atoms with Gasteiger partial charge in [-0.2, -0.15) is 0 Å². The molecule has 25 heavy (non-hydrogen) atoms. The van der Waals surface area contributed by atoms with Crippen LogP contribution in [0.1, 0.15) is 10.4 Å². The number of ketones is 1. The van der Waals surface area contributed by atoms with Crippen LogP contribution in [0.25, 0.3) is 0 Å². The minimum atomic E-state index is -2.18. The molecule has 0 saturated heterocycles. The van der Waals surface area contributed by atoms with Gasteiger partial charge in [-0.05, 0) is 6.07 Å². The Kier molecular flexibility index (Phi) is 7.38. The van der Waals surface area contributed by atoms with Gasteiger partial charge in [0.05, 0.1) is 5.56 Å². The molecule has 0 aliphatic heterocycles. The van der Waals surface area contributed by atoms with Crippen molar-refractivity contribution >= 4 is 23.6 Å². The van der Waals surface area contributed by atoms with Crippen LogP contribution in [0.2, 0.25) is 0 Å². The molecule has 0 heterocycles. The van der Waals surface area contributed by atoms with Gasteiger partial charge in [0.25, 0.3) is 0 Å².